The van der Waals surface area contributed by atoms with Crippen LogP contribution < -0.4 is 5.32 Å². The first kappa shape index (κ1) is 20.4. The van der Waals surface area contributed by atoms with Crippen LogP contribution in [0.1, 0.15) is 12.5 Å². The van der Waals surface area contributed by atoms with Gasteiger partial charge in [0.2, 0.25) is 5.91 Å². The van der Waals surface area contributed by atoms with Crippen LogP contribution in [0.4, 0.5) is 5.69 Å². The summed E-state index contributed by atoms with van der Waals surface area (Å²) in [5.74, 6) is -0.632. The molecule has 1 aliphatic heterocycles. The number of carbonyl (C=O) groups excluding carboxylic acids is 2. The van der Waals surface area contributed by atoms with Gasteiger partial charge in [-0.15, -0.1) is 0 Å². The van der Waals surface area contributed by atoms with E-state index in [4.69, 9.17) is 16.3 Å². The highest BCUT2D eigenvalue weighted by Gasteiger charge is 2.47. The highest BCUT2D eigenvalue weighted by atomic mass is 79.9. The minimum absolute atomic E-state index is 0.0136. The molecule has 2 aromatic carbocycles. The third kappa shape index (κ3) is 4.36. The smallest absolute Gasteiger partial charge is 0.319 e. The molecule has 146 valence electrons. The van der Waals surface area contributed by atoms with Crippen molar-refractivity contribution in [2.24, 2.45) is 10.5 Å². The van der Waals surface area contributed by atoms with Crippen LogP contribution in [0.2, 0.25) is 5.02 Å². The maximum atomic E-state index is 12.5. The topological polar surface area (TPSA) is 71.0 Å². The van der Waals surface area contributed by atoms with Crippen molar-refractivity contribution in [1.82, 2.24) is 5.01 Å². The Kier molecular flexibility index (Phi) is 6.05. The molecule has 1 aliphatic rings. The number of carbonyl (C=O) groups is 2. The van der Waals surface area contributed by atoms with Gasteiger partial charge in [-0.2, -0.15) is 5.10 Å². The second kappa shape index (κ2) is 8.32. The van der Waals surface area contributed by atoms with Gasteiger partial charge in [0.1, 0.15) is 12.0 Å². The van der Waals surface area contributed by atoms with E-state index in [0.717, 1.165) is 10.0 Å². The number of methoxy groups -OCH3 is 1. The fourth-order valence-electron chi connectivity index (χ4n) is 3.09. The molecule has 0 aromatic heterocycles. The minimum atomic E-state index is -0.986. The van der Waals surface area contributed by atoms with E-state index in [2.05, 4.69) is 26.3 Å². The van der Waals surface area contributed by atoms with Crippen molar-refractivity contribution in [3.8, 4) is 0 Å². The summed E-state index contributed by atoms with van der Waals surface area (Å²) in [4.78, 5) is 24.9. The van der Waals surface area contributed by atoms with Crippen molar-refractivity contribution in [3.63, 3.8) is 0 Å². The van der Waals surface area contributed by atoms with Crippen molar-refractivity contribution >= 4 is 50.8 Å². The minimum Gasteiger partial charge on any atom is -0.468 e. The van der Waals surface area contributed by atoms with E-state index < -0.39 is 11.4 Å². The molecular formula is C20H19BrClN3O3. The van der Waals surface area contributed by atoms with E-state index in [1.807, 2.05) is 12.1 Å². The molecule has 0 saturated carbocycles. The average molecular weight is 465 g/mol. The normalized spacial score (nSPS) is 18.6. The number of hydrogen-bond donors (Lipinski definition) is 1. The fourth-order valence-corrected chi connectivity index (χ4v) is 3.48. The first-order valence-corrected chi connectivity index (χ1v) is 9.73. The van der Waals surface area contributed by atoms with Gasteiger partial charge in [-0.1, -0.05) is 39.7 Å². The van der Waals surface area contributed by atoms with E-state index in [0.29, 0.717) is 16.4 Å². The third-order valence-corrected chi connectivity index (χ3v) is 5.25. The molecule has 1 N–H and O–H groups in total. The van der Waals surface area contributed by atoms with Gasteiger partial charge in [0.25, 0.3) is 0 Å². The average Bonchev–Trinajstić information content (AvgIpc) is 3.00. The molecular weight excluding hydrogens is 446 g/mol. The monoisotopic (exact) mass is 463 g/mol. The van der Waals surface area contributed by atoms with E-state index >= 15 is 0 Å². The van der Waals surface area contributed by atoms with Crippen LogP contribution in [0.25, 0.3) is 0 Å². The van der Waals surface area contributed by atoms with E-state index in [-0.39, 0.29) is 19.0 Å². The third-order valence-electron chi connectivity index (χ3n) is 4.47. The zero-order valence-corrected chi connectivity index (χ0v) is 17.8. The number of esters is 1. The van der Waals surface area contributed by atoms with Gasteiger partial charge in [0, 0.05) is 15.2 Å². The van der Waals surface area contributed by atoms with Gasteiger partial charge in [0.05, 0.1) is 19.4 Å². The summed E-state index contributed by atoms with van der Waals surface area (Å²) in [5, 5.41) is 9.54. The van der Waals surface area contributed by atoms with Crippen LogP contribution in [0.15, 0.2) is 58.1 Å². The number of nitrogens with one attached hydrogen (secondary N) is 1. The van der Waals surface area contributed by atoms with Crippen LogP contribution in [-0.4, -0.2) is 42.8 Å². The van der Waals surface area contributed by atoms with E-state index in [1.54, 1.807) is 48.3 Å². The zero-order valence-electron chi connectivity index (χ0n) is 15.4. The van der Waals surface area contributed by atoms with Crippen molar-refractivity contribution in [2.45, 2.75) is 6.92 Å². The summed E-state index contributed by atoms with van der Waals surface area (Å²) in [6.45, 7) is 2.02. The number of halogens is 2. The number of rotatable bonds is 5. The summed E-state index contributed by atoms with van der Waals surface area (Å²) in [5.41, 5.74) is 1.01. The summed E-state index contributed by atoms with van der Waals surface area (Å²) in [6, 6.07) is 14.4. The van der Waals surface area contributed by atoms with Crippen molar-refractivity contribution in [1.29, 1.82) is 0 Å². The number of hydrazone groups is 1. The molecule has 0 bridgehead atoms. The Hall–Kier alpha value is -2.38. The highest BCUT2D eigenvalue weighted by Crippen LogP contribution is 2.32. The zero-order chi connectivity index (χ0) is 20.3. The lowest BCUT2D eigenvalue weighted by atomic mass is 9.82. The molecule has 0 radical (unpaired) electrons. The van der Waals surface area contributed by atoms with Gasteiger partial charge in [0.15, 0.2) is 0 Å². The Bertz CT molecular complexity index is 915. The largest absolute Gasteiger partial charge is 0.468 e. The van der Waals surface area contributed by atoms with Crippen LogP contribution in [0.3, 0.4) is 0 Å². The van der Waals surface area contributed by atoms with Crippen molar-refractivity contribution in [3.05, 3.63) is 63.6 Å². The maximum Gasteiger partial charge on any atom is 0.319 e. The molecule has 0 aliphatic carbocycles. The highest BCUT2D eigenvalue weighted by molar-refractivity contribution is 9.10. The first-order chi connectivity index (χ1) is 13.3. The molecule has 28 heavy (non-hydrogen) atoms. The molecule has 1 unspecified atom stereocenters. The molecule has 1 amide bonds. The fraction of sp³-hybridized carbons (Fsp3) is 0.250. The lowest BCUT2D eigenvalue weighted by Gasteiger charge is -2.23. The number of benzene rings is 2. The Morgan fingerprint density at radius 2 is 1.86 bits per heavy atom. The molecule has 0 saturated heterocycles. The Balaban J connectivity index is 1.79. The van der Waals surface area contributed by atoms with Crippen molar-refractivity contribution in [2.75, 3.05) is 25.5 Å². The Morgan fingerprint density at radius 3 is 2.46 bits per heavy atom. The molecule has 1 atom stereocenters. The van der Waals surface area contributed by atoms with Crippen LogP contribution >= 0.6 is 27.5 Å². The molecule has 3 rings (SSSR count). The Labute approximate surface area is 176 Å². The molecule has 0 fully saturated rings. The lowest BCUT2D eigenvalue weighted by Crippen LogP contribution is -2.41. The lowest BCUT2D eigenvalue weighted by molar-refractivity contribution is -0.148. The number of nitrogens with zero attached hydrogens (tertiary/aromatic N) is 2. The molecule has 1 heterocycles. The standard InChI is InChI=1S/C20H19BrClN3O3/c1-20(19(27)28-2)12-25(24-18(20)13-3-7-15(22)8-4-13)11-17(26)23-16-9-5-14(21)6-10-16/h3-10H,11-12H2,1-2H3,(H,23,26). The predicted molar refractivity (Wildman–Crippen MR) is 112 cm³/mol. The van der Waals surface area contributed by atoms with Gasteiger partial charge in [-0.05, 0) is 48.9 Å². The van der Waals surface area contributed by atoms with E-state index in [1.165, 1.54) is 7.11 Å². The van der Waals surface area contributed by atoms with Gasteiger partial charge in [-0.25, -0.2) is 0 Å². The Morgan fingerprint density at radius 1 is 1.21 bits per heavy atom. The molecule has 0 spiro atoms. The van der Waals surface area contributed by atoms with Gasteiger partial charge < -0.3 is 10.1 Å². The number of amides is 1. The molecule has 8 heteroatoms. The number of hydrogen-bond acceptors (Lipinski definition) is 5. The second-order valence-electron chi connectivity index (χ2n) is 6.66. The van der Waals surface area contributed by atoms with E-state index in [9.17, 15) is 9.59 Å². The SMILES string of the molecule is COC(=O)C1(C)CN(CC(=O)Nc2ccc(Br)cc2)N=C1c1ccc(Cl)cc1. The summed E-state index contributed by atoms with van der Waals surface area (Å²) in [7, 11) is 1.34. The van der Waals surface area contributed by atoms with Crippen LogP contribution in [0, 0.1) is 5.41 Å². The number of ether oxygens (including phenoxy) is 1. The summed E-state index contributed by atoms with van der Waals surface area (Å²) in [6.07, 6.45) is 0. The second-order valence-corrected chi connectivity index (χ2v) is 8.01. The quantitative estimate of drug-likeness (QED) is 0.681. The van der Waals surface area contributed by atoms with Crippen LogP contribution in [0.5, 0.6) is 0 Å². The van der Waals surface area contributed by atoms with Gasteiger partial charge in [-0.3, -0.25) is 14.6 Å². The number of anilines is 1. The van der Waals surface area contributed by atoms with Crippen LogP contribution in [-0.2, 0) is 14.3 Å². The van der Waals surface area contributed by atoms with Gasteiger partial charge >= 0.3 is 5.97 Å². The summed E-state index contributed by atoms with van der Waals surface area (Å²) < 4.78 is 5.92. The maximum absolute atomic E-state index is 12.5. The molecule has 6 nitrogen and oxygen atoms in total. The van der Waals surface area contributed by atoms with Crippen molar-refractivity contribution < 1.29 is 14.3 Å². The molecule has 2 aromatic rings. The predicted octanol–water partition coefficient (Wildman–Crippen LogP) is 3.94. The first-order valence-electron chi connectivity index (χ1n) is 8.55. The summed E-state index contributed by atoms with van der Waals surface area (Å²) >= 11 is 9.32.